The maximum atomic E-state index is 10.8. The van der Waals surface area contributed by atoms with Crippen LogP contribution >= 0.6 is 0 Å². The molecule has 90 valence electrons. The van der Waals surface area contributed by atoms with E-state index in [4.69, 9.17) is 9.11 Å². The van der Waals surface area contributed by atoms with Crippen molar-refractivity contribution in [3.05, 3.63) is 23.8 Å². The minimum Gasteiger partial charge on any atom is -1.00 e. The molecule has 0 aliphatic carbocycles. The Morgan fingerprint density at radius 2 is 1.59 bits per heavy atom. The fraction of sp³-hybridized carbons (Fsp3) is 0. The Hall–Kier alpha value is -0.290. The summed E-state index contributed by atoms with van der Waals surface area (Å²) in [4.78, 5) is 9.14. The van der Waals surface area contributed by atoms with E-state index in [1.807, 2.05) is 0 Å². The SMILES string of the molecule is O=Cc1cc(S(=O)(=O)O)ccc1S(=O)(=O)O.[H-].[Na+]. The van der Waals surface area contributed by atoms with Gasteiger partial charge >= 0.3 is 29.6 Å². The largest absolute Gasteiger partial charge is 1.00 e. The van der Waals surface area contributed by atoms with Crippen molar-refractivity contribution in [2.45, 2.75) is 9.79 Å². The van der Waals surface area contributed by atoms with E-state index >= 15 is 0 Å². The van der Waals surface area contributed by atoms with Crippen LogP contribution in [-0.2, 0) is 20.2 Å². The quantitative estimate of drug-likeness (QED) is 0.347. The fourth-order valence-electron chi connectivity index (χ4n) is 1.01. The molecule has 0 amide bonds. The van der Waals surface area contributed by atoms with E-state index in [0.29, 0.717) is 12.1 Å². The Bertz CT molecular complexity index is 638. The molecule has 10 heteroatoms. The second kappa shape index (κ2) is 5.57. The van der Waals surface area contributed by atoms with Gasteiger partial charge in [0.25, 0.3) is 20.2 Å². The first-order valence-electron chi connectivity index (χ1n) is 3.70. The Morgan fingerprint density at radius 3 is 1.94 bits per heavy atom. The monoisotopic (exact) mass is 290 g/mol. The number of rotatable bonds is 3. The summed E-state index contributed by atoms with van der Waals surface area (Å²) in [6.45, 7) is 0. The smallest absolute Gasteiger partial charge is 1.00 e. The minimum absolute atomic E-state index is 0. The molecule has 1 rings (SSSR count). The van der Waals surface area contributed by atoms with Crippen molar-refractivity contribution in [2.75, 3.05) is 0 Å². The van der Waals surface area contributed by atoms with E-state index in [1.54, 1.807) is 0 Å². The van der Waals surface area contributed by atoms with Gasteiger partial charge in [0.1, 0.15) is 4.90 Å². The van der Waals surface area contributed by atoms with Gasteiger partial charge in [0.2, 0.25) is 0 Å². The summed E-state index contributed by atoms with van der Waals surface area (Å²) in [5.41, 5.74) is -0.558. The molecule has 0 aromatic heterocycles. The van der Waals surface area contributed by atoms with Crippen molar-refractivity contribution in [3.8, 4) is 0 Å². The van der Waals surface area contributed by atoms with Crippen molar-refractivity contribution in [1.82, 2.24) is 0 Å². The van der Waals surface area contributed by atoms with Crippen LogP contribution in [0.4, 0.5) is 0 Å². The van der Waals surface area contributed by atoms with Gasteiger partial charge < -0.3 is 1.43 Å². The summed E-state index contributed by atoms with van der Waals surface area (Å²) in [6, 6.07) is 2.11. The van der Waals surface area contributed by atoms with Crippen LogP contribution in [-0.4, -0.2) is 32.2 Å². The Kier molecular flexibility index (Phi) is 5.47. The predicted octanol–water partition coefficient (Wildman–Crippen LogP) is -2.89. The first-order chi connectivity index (χ1) is 7.16. The Labute approximate surface area is 121 Å². The minimum atomic E-state index is -4.62. The number of carbonyl (C=O) groups excluding carboxylic acids is 1. The van der Waals surface area contributed by atoms with Crippen LogP contribution < -0.4 is 29.6 Å². The number of hydrogen-bond donors (Lipinski definition) is 2. The van der Waals surface area contributed by atoms with Gasteiger partial charge in [-0.25, -0.2) is 0 Å². The van der Waals surface area contributed by atoms with E-state index in [9.17, 15) is 21.6 Å². The van der Waals surface area contributed by atoms with Crippen LogP contribution in [0.25, 0.3) is 0 Å². The van der Waals surface area contributed by atoms with Gasteiger partial charge in [0.05, 0.1) is 4.90 Å². The Morgan fingerprint density at radius 1 is 1.06 bits per heavy atom. The first kappa shape index (κ1) is 16.7. The molecule has 17 heavy (non-hydrogen) atoms. The molecule has 7 nitrogen and oxygen atoms in total. The molecular formula is C7H7NaO7S2. The summed E-state index contributed by atoms with van der Waals surface area (Å²) in [5.74, 6) is 0. The van der Waals surface area contributed by atoms with Gasteiger partial charge in [0.15, 0.2) is 6.29 Å². The van der Waals surface area contributed by atoms with E-state index < -0.39 is 35.6 Å². The summed E-state index contributed by atoms with van der Waals surface area (Å²) in [7, 11) is -9.15. The maximum absolute atomic E-state index is 10.8. The third-order valence-electron chi connectivity index (χ3n) is 1.68. The maximum Gasteiger partial charge on any atom is 1.00 e. The standard InChI is InChI=1S/C7H6O7S2.Na.H/c8-4-5-3-6(15(9,10)11)1-2-7(5)16(12,13)14;;/h1-4H,(H,9,10,11)(H,12,13,14);;/q;+1;-1. The molecule has 0 unspecified atom stereocenters. The molecule has 0 saturated heterocycles. The van der Waals surface area contributed by atoms with Crippen LogP contribution in [0.2, 0.25) is 0 Å². The van der Waals surface area contributed by atoms with Crippen molar-refractivity contribution in [2.24, 2.45) is 0 Å². The second-order valence-corrected chi connectivity index (χ2v) is 5.58. The zero-order valence-electron chi connectivity index (χ0n) is 9.56. The zero-order valence-corrected chi connectivity index (χ0v) is 12.2. The second-order valence-electron chi connectivity index (χ2n) is 2.77. The predicted molar refractivity (Wildman–Crippen MR) is 52.6 cm³/mol. The van der Waals surface area contributed by atoms with Crippen molar-refractivity contribution in [1.29, 1.82) is 0 Å². The molecule has 0 bridgehead atoms. The average Bonchev–Trinajstić information content (AvgIpc) is 2.14. The topological polar surface area (TPSA) is 126 Å². The van der Waals surface area contributed by atoms with E-state index in [0.717, 1.165) is 6.07 Å². The molecule has 1 aromatic carbocycles. The molecule has 0 saturated carbocycles. The van der Waals surface area contributed by atoms with Crippen LogP contribution in [0.5, 0.6) is 0 Å². The van der Waals surface area contributed by atoms with E-state index in [1.165, 1.54) is 0 Å². The normalized spacial score (nSPS) is 11.6. The molecule has 2 N–H and O–H groups in total. The number of benzene rings is 1. The van der Waals surface area contributed by atoms with Crippen LogP contribution in [0.3, 0.4) is 0 Å². The van der Waals surface area contributed by atoms with Gasteiger partial charge in [-0.05, 0) is 18.2 Å². The first-order valence-corrected chi connectivity index (χ1v) is 6.58. The van der Waals surface area contributed by atoms with Gasteiger partial charge in [0, 0.05) is 5.56 Å². The summed E-state index contributed by atoms with van der Waals surface area (Å²) >= 11 is 0. The van der Waals surface area contributed by atoms with Gasteiger partial charge in [-0.1, -0.05) is 0 Å². The molecule has 1 aromatic rings. The third kappa shape index (κ3) is 4.14. The molecule has 0 aliphatic rings. The molecule has 0 heterocycles. The van der Waals surface area contributed by atoms with Gasteiger partial charge in [-0.15, -0.1) is 0 Å². The van der Waals surface area contributed by atoms with E-state index in [-0.39, 0.29) is 37.3 Å². The Balaban J connectivity index is 0. The zero-order chi connectivity index (χ0) is 12.6. The fourth-order valence-corrected chi connectivity index (χ4v) is 2.17. The number of carbonyl (C=O) groups is 1. The summed E-state index contributed by atoms with van der Waals surface area (Å²) in [6.07, 6.45) is 0.0534. The molecule has 0 aliphatic heterocycles. The summed E-state index contributed by atoms with van der Waals surface area (Å²) in [5, 5.41) is 0. The average molecular weight is 290 g/mol. The van der Waals surface area contributed by atoms with Gasteiger partial charge in [-0.3, -0.25) is 13.9 Å². The molecular weight excluding hydrogens is 283 g/mol. The van der Waals surface area contributed by atoms with Crippen LogP contribution in [0.15, 0.2) is 28.0 Å². The molecule has 0 spiro atoms. The number of aldehydes is 1. The molecule has 0 atom stereocenters. The molecule has 0 fully saturated rings. The third-order valence-corrected chi connectivity index (χ3v) is 3.46. The van der Waals surface area contributed by atoms with Crippen LogP contribution in [0.1, 0.15) is 11.8 Å². The van der Waals surface area contributed by atoms with Gasteiger partial charge in [-0.2, -0.15) is 16.8 Å². The number of hydrogen-bond acceptors (Lipinski definition) is 5. The molecule has 0 radical (unpaired) electrons. The summed E-state index contributed by atoms with van der Waals surface area (Å²) < 4.78 is 60.2. The van der Waals surface area contributed by atoms with Crippen molar-refractivity contribution < 1.29 is 61.7 Å². The van der Waals surface area contributed by atoms with Crippen LogP contribution in [0, 0.1) is 0 Å². The van der Waals surface area contributed by atoms with E-state index in [2.05, 4.69) is 0 Å². The van der Waals surface area contributed by atoms with Crippen molar-refractivity contribution in [3.63, 3.8) is 0 Å². The van der Waals surface area contributed by atoms with Crippen molar-refractivity contribution >= 4 is 26.5 Å².